The lowest BCUT2D eigenvalue weighted by atomic mass is 10.1. The summed E-state index contributed by atoms with van der Waals surface area (Å²) in [5, 5.41) is 0.607. The number of pyridine rings is 1. The van der Waals surface area contributed by atoms with Gasteiger partial charge in [-0.15, -0.1) is 0 Å². The van der Waals surface area contributed by atoms with Crippen LogP contribution in [0.5, 0.6) is 0 Å². The number of halogens is 1. The third-order valence-corrected chi connectivity index (χ3v) is 4.95. The SMILES string of the molecule is CO[C@@H]1[C@H]2CC[C@H]1OCCN2C(=O)c1cn2cc(Cl)ccc2n1. The van der Waals surface area contributed by atoms with E-state index < -0.39 is 0 Å². The molecule has 0 radical (unpaired) electrons. The molecule has 1 amide bonds. The largest absolute Gasteiger partial charge is 0.377 e. The number of imidazole rings is 1. The van der Waals surface area contributed by atoms with Crippen molar-refractivity contribution in [3.63, 3.8) is 0 Å². The minimum absolute atomic E-state index is 0.0494. The standard InChI is InChI=1S/C16H18ClN3O3/c1-22-15-12-3-4-13(15)23-7-6-20(12)16(21)11-9-19-8-10(17)2-5-14(19)18-11/h2,5,8-9,12-13,15H,3-4,6-7H2,1H3/t12-,13-,15-/m1/s1. The van der Waals surface area contributed by atoms with Crippen molar-refractivity contribution in [2.24, 2.45) is 0 Å². The van der Waals surface area contributed by atoms with Crippen LogP contribution in [0.4, 0.5) is 0 Å². The Morgan fingerprint density at radius 2 is 2.26 bits per heavy atom. The summed E-state index contributed by atoms with van der Waals surface area (Å²) in [4.78, 5) is 19.2. The van der Waals surface area contributed by atoms with Crippen molar-refractivity contribution in [2.75, 3.05) is 20.3 Å². The molecule has 4 rings (SSSR count). The number of ether oxygens (including phenoxy) is 2. The van der Waals surface area contributed by atoms with Crippen LogP contribution in [0.3, 0.4) is 0 Å². The van der Waals surface area contributed by atoms with Crippen molar-refractivity contribution in [3.8, 4) is 0 Å². The predicted molar refractivity (Wildman–Crippen MR) is 84.8 cm³/mol. The summed E-state index contributed by atoms with van der Waals surface area (Å²) in [5.41, 5.74) is 1.13. The first-order valence-corrected chi connectivity index (χ1v) is 8.15. The normalized spacial score (nSPS) is 27.4. The van der Waals surface area contributed by atoms with Gasteiger partial charge >= 0.3 is 0 Å². The van der Waals surface area contributed by atoms with E-state index in [1.165, 1.54) is 0 Å². The van der Waals surface area contributed by atoms with E-state index in [4.69, 9.17) is 21.1 Å². The minimum atomic E-state index is -0.0805. The fourth-order valence-corrected chi connectivity index (χ4v) is 3.83. The molecule has 1 aliphatic carbocycles. The van der Waals surface area contributed by atoms with Crippen LogP contribution >= 0.6 is 11.6 Å². The average Bonchev–Trinajstić information content (AvgIpc) is 3.07. The third-order valence-electron chi connectivity index (χ3n) is 4.72. The molecule has 7 heteroatoms. The average molecular weight is 336 g/mol. The zero-order valence-electron chi connectivity index (χ0n) is 12.8. The maximum absolute atomic E-state index is 13.0. The molecular weight excluding hydrogens is 318 g/mol. The molecule has 1 saturated carbocycles. The van der Waals surface area contributed by atoms with E-state index in [1.807, 2.05) is 4.90 Å². The van der Waals surface area contributed by atoms with Gasteiger partial charge in [0.1, 0.15) is 17.4 Å². The van der Waals surface area contributed by atoms with Gasteiger partial charge in [0.05, 0.1) is 23.8 Å². The molecule has 0 unspecified atom stereocenters. The van der Waals surface area contributed by atoms with Crippen molar-refractivity contribution in [1.29, 1.82) is 0 Å². The van der Waals surface area contributed by atoms with Gasteiger partial charge in [-0.3, -0.25) is 4.79 Å². The van der Waals surface area contributed by atoms with Gasteiger partial charge in [0.15, 0.2) is 0 Å². The lowest BCUT2D eigenvalue weighted by Gasteiger charge is -2.30. The monoisotopic (exact) mass is 335 g/mol. The molecule has 2 aliphatic rings. The van der Waals surface area contributed by atoms with E-state index in [-0.39, 0.29) is 24.2 Å². The molecule has 2 aromatic rings. The second-order valence-corrected chi connectivity index (χ2v) is 6.43. The summed E-state index contributed by atoms with van der Waals surface area (Å²) < 4.78 is 13.2. The number of fused-ring (bicyclic) bond motifs is 3. The van der Waals surface area contributed by atoms with Gasteiger partial charge in [0.25, 0.3) is 5.91 Å². The van der Waals surface area contributed by atoms with Crippen molar-refractivity contribution in [2.45, 2.75) is 31.1 Å². The Kier molecular flexibility index (Phi) is 3.75. The van der Waals surface area contributed by atoms with Crippen molar-refractivity contribution in [3.05, 3.63) is 35.2 Å². The fourth-order valence-electron chi connectivity index (χ4n) is 3.67. The van der Waals surface area contributed by atoms with Gasteiger partial charge in [-0.25, -0.2) is 4.98 Å². The van der Waals surface area contributed by atoms with Crippen molar-refractivity contribution < 1.29 is 14.3 Å². The number of methoxy groups -OCH3 is 1. The number of amides is 1. The second-order valence-electron chi connectivity index (χ2n) is 5.99. The number of nitrogens with zero attached hydrogens (tertiary/aromatic N) is 3. The van der Waals surface area contributed by atoms with Crippen LogP contribution in [0.1, 0.15) is 23.3 Å². The third kappa shape index (κ3) is 2.51. The molecular formula is C16H18ClN3O3. The first-order valence-electron chi connectivity index (χ1n) is 7.77. The summed E-state index contributed by atoms with van der Waals surface area (Å²) in [5.74, 6) is -0.0805. The van der Waals surface area contributed by atoms with E-state index in [2.05, 4.69) is 4.98 Å². The first kappa shape index (κ1) is 14.9. The molecule has 0 aromatic carbocycles. The van der Waals surface area contributed by atoms with E-state index in [0.29, 0.717) is 29.5 Å². The summed E-state index contributed by atoms with van der Waals surface area (Å²) >= 11 is 5.99. The van der Waals surface area contributed by atoms with Crippen LogP contribution in [0.25, 0.3) is 5.65 Å². The maximum Gasteiger partial charge on any atom is 0.274 e. The molecule has 1 saturated heterocycles. The highest BCUT2D eigenvalue weighted by Gasteiger charge is 2.44. The molecule has 23 heavy (non-hydrogen) atoms. The molecule has 0 spiro atoms. The number of carbonyl (C=O) groups is 1. The lowest BCUT2D eigenvalue weighted by molar-refractivity contribution is -0.0316. The summed E-state index contributed by atoms with van der Waals surface area (Å²) in [7, 11) is 1.68. The van der Waals surface area contributed by atoms with E-state index in [0.717, 1.165) is 12.8 Å². The Balaban J connectivity index is 1.66. The summed E-state index contributed by atoms with van der Waals surface area (Å²) in [6.07, 6.45) is 5.32. The molecule has 122 valence electrons. The highest BCUT2D eigenvalue weighted by atomic mass is 35.5. The Morgan fingerprint density at radius 3 is 3.09 bits per heavy atom. The molecule has 0 N–H and O–H groups in total. The zero-order valence-corrected chi connectivity index (χ0v) is 13.6. The number of carbonyl (C=O) groups excluding carboxylic acids is 1. The van der Waals surface area contributed by atoms with E-state index in [9.17, 15) is 4.79 Å². The van der Waals surface area contributed by atoms with Crippen molar-refractivity contribution in [1.82, 2.24) is 14.3 Å². The molecule has 3 atom stereocenters. The molecule has 2 fully saturated rings. The van der Waals surface area contributed by atoms with Gasteiger partial charge in [-0.2, -0.15) is 0 Å². The number of hydrogen-bond acceptors (Lipinski definition) is 4. The molecule has 1 aliphatic heterocycles. The molecule has 2 bridgehead atoms. The zero-order chi connectivity index (χ0) is 16.0. The van der Waals surface area contributed by atoms with Gasteiger partial charge < -0.3 is 18.8 Å². The Hall–Kier alpha value is -1.63. The van der Waals surface area contributed by atoms with E-state index in [1.54, 1.807) is 36.0 Å². The van der Waals surface area contributed by atoms with Crippen LogP contribution in [-0.4, -0.2) is 58.7 Å². The highest BCUT2D eigenvalue weighted by Crippen LogP contribution is 2.32. The fraction of sp³-hybridized carbons (Fsp3) is 0.500. The topological polar surface area (TPSA) is 56.1 Å². The smallest absolute Gasteiger partial charge is 0.274 e. The minimum Gasteiger partial charge on any atom is -0.377 e. The number of aromatic nitrogens is 2. The van der Waals surface area contributed by atoms with Crippen LogP contribution in [0.2, 0.25) is 5.02 Å². The Morgan fingerprint density at radius 1 is 1.39 bits per heavy atom. The Labute approximate surface area is 138 Å². The van der Waals surface area contributed by atoms with Gasteiger partial charge in [0.2, 0.25) is 0 Å². The molecule has 3 heterocycles. The molecule has 2 aromatic heterocycles. The lowest BCUT2D eigenvalue weighted by Crippen LogP contribution is -2.46. The molecule has 6 nitrogen and oxygen atoms in total. The second kappa shape index (κ2) is 5.78. The summed E-state index contributed by atoms with van der Waals surface area (Å²) in [6.45, 7) is 1.10. The van der Waals surface area contributed by atoms with Gasteiger partial charge in [0, 0.05) is 26.0 Å². The number of rotatable bonds is 2. The summed E-state index contributed by atoms with van der Waals surface area (Å²) in [6, 6.07) is 3.61. The van der Waals surface area contributed by atoms with Crippen LogP contribution < -0.4 is 0 Å². The predicted octanol–water partition coefficient (Wildman–Crippen LogP) is 2.01. The van der Waals surface area contributed by atoms with Crippen LogP contribution in [0.15, 0.2) is 24.5 Å². The van der Waals surface area contributed by atoms with Crippen LogP contribution in [-0.2, 0) is 9.47 Å². The first-order chi connectivity index (χ1) is 11.2. The van der Waals surface area contributed by atoms with Crippen LogP contribution in [0, 0.1) is 0 Å². The maximum atomic E-state index is 13.0. The highest BCUT2D eigenvalue weighted by molar-refractivity contribution is 6.30. The van der Waals surface area contributed by atoms with Crippen molar-refractivity contribution >= 4 is 23.2 Å². The van der Waals surface area contributed by atoms with Gasteiger partial charge in [-0.05, 0) is 25.0 Å². The Bertz CT molecular complexity index is 747. The van der Waals surface area contributed by atoms with Gasteiger partial charge in [-0.1, -0.05) is 11.6 Å². The number of hydrogen-bond donors (Lipinski definition) is 0. The quantitative estimate of drug-likeness (QED) is 0.842. The van der Waals surface area contributed by atoms with E-state index >= 15 is 0 Å².